The summed E-state index contributed by atoms with van der Waals surface area (Å²) in [4.78, 5) is 26.0. The first kappa shape index (κ1) is 23.3. The summed E-state index contributed by atoms with van der Waals surface area (Å²) in [5.74, 6) is 0.0263. The Hall–Kier alpha value is -3.32. The normalized spacial score (nSPS) is 15.2. The number of carbonyl (C=O) groups excluding carboxylic acids is 2. The molecule has 0 saturated heterocycles. The fraction of sp³-hybridized carbons (Fsp3) is 0.320. The summed E-state index contributed by atoms with van der Waals surface area (Å²) >= 11 is 0. The molecule has 0 fully saturated rings. The number of hydrogen-bond donors (Lipinski definition) is 1. The van der Waals surface area contributed by atoms with E-state index in [1.807, 2.05) is 13.0 Å². The monoisotopic (exact) mass is 438 g/mol. The Labute approximate surface area is 188 Å². The lowest BCUT2D eigenvalue weighted by Crippen LogP contribution is -2.47. The van der Waals surface area contributed by atoms with E-state index in [0.29, 0.717) is 43.1 Å². The van der Waals surface area contributed by atoms with Gasteiger partial charge in [-0.05, 0) is 48.4 Å². The van der Waals surface area contributed by atoms with Crippen molar-refractivity contribution in [3.63, 3.8) is 0 Å². The lowest BCUT2D eigenvalue weighted by molar-refractivity contribution is -0.451. The Morgan fingerprint density at radius 3 is 2.56 bits per heavy atom. The van der Waals surface area contributed by atoms with Crippen LogP contribution in [0.1, 0.15) is 34.5 Å². The first-order valence-electron chi connectivity index (χ1n) is 10.6. The lowest BCUT2D eigenvalue weighted by Gasteiger charge is -2.29. The molecule has 0 spiro atoms. The molecule has 2 aromatic rings. The Morgan fingerprint density at radius 2 is 1.97 bits per heavy atom. The number of hydrogen-bond acceptors (Lipinski definition) is 4. The average Bonchev–Trinajstić information content (AvgIpc) is 2.80. The first-order valence-corrected chi connectivity index (χ1v) is 10.6. The number of halogens is 1. The van der Waals surface area contributed by atoms with E-state index >= 15 is 0 Å². The summed E-state index contributed by atoms with van der Waals surface area (Å²) in [5, 5.41) is 2.59. The molecule has 0 radical (unpaired) electrons. The maximum absolute atomic E-state index is 14.3. The SMILES string of the molecule is C=CC(=O)[N+]1=C(C)CN(CC(Oc2ccc(C(=O)NC)cc2)c2ccc(C)c(F)c2)CC1. The van der Waals surface area contributed by atoms with Crippen LogP contribution in [-0.4, -0.2) is 60.2 Å². The van der Waals surface area contributed by atoms with Crippen molar-refractivity contribution < 1.29 is 23.3 Å². The minimum Gasteiger partial charge on any atom is -0.484 e. The molecule has 0 aromatic heterocycles. The van der Waals surface area contributed by atoms with Gasteiger partial charge in [0.25, 0.3) is 5.91 Å². The van der Waals surface area contributed by atoms with Crippen LogP contribution >= 0.6 is 0 Å². The molecule has 7 heteroatoms. The summed E-state index contributed by atoms with van der Waals surface area (Å²) in [5.41, 5.74) is 2.77. The van der Waals surface area contributed by atoms with E-state index in [1.54, 1.807) is 48.9 Å². The Bertz CT molecular complexity index is 1050. The number of nitrogens with zero attached hydrogens (tertiary/aromatic N) is 2. The number of rotatable bonds is 7. The van der Waals surface area contributed by atoms with Gasteiger partial charge in [-0.15, -0.1) is 0 Å². The molecule has 6 nitrogen and oxygen atoms in total. The van der Waals surface area contributed by atoms with Crippen LogP contribution in [0.4, 0.5) is 4.39 Å². The summed E-state index contributed by atoms with van der Waals surface area (Å²) < 4.78 is 22.3. The predicted octanol–water partition coefficient (Wildman–Crippen LogP) is 3.12. The largest absolute Gasteiger partial charge is 0.484 e. The number of ether oxygens (including phenoxy) is 1. The van der Waals surface area contributed by atoms with Crippen LogP contribution in [-0.2, 0) is 4.79 Å². The number of carbonyl (C=O) groups is 2. The van der Waals surface area contributed by atoms with Crippen molar-refractivity contribution in [1.29, 1.82) is 0 Å². The van der Waals surface area contributed by atoms with Crippen molar-refractivity contribution in [3.8, 4) is 5.75 Å². The molecule has 1 aliphatic heterocycles. The maximum atomic E-state index is 14.3. The molecule has 1 unspecified atom stereocenters. The summed E-state index contributed by atoms with van der Waals surface area (Å²) in [6, 6.07) is 12.0. The van der Waals surface area contributed by atoms with Gasteiger partial charge in [-0.2, -0.15) is 4.58 Å². The average molecular weight is 439 g/mol. The van der Waals surface area contributed by atoms with Gasteiger partial charge in [0.15, 0.2) is 12.3 Å². The van der Waals surface area contributed by atoms with E-state index in [1.165, 1.54) is 12.1 Å². The molecule has 1 atom stereocenters. The summed E-state index contributed by atoms with van der Waals surface area (Å²) in [6.45, 7) is 9.56. The second-order valence-corrected chi connectivity index (χ2v) is 7.88. The summed E-state index contributed by atoms with van der Waals surface area (Å²) in [7, 11) is 1.58. The topological polar surface area (TPSA) is 61.6 Å². The Balaban J connectivity index is 1.82. The highest BCUT2D eigenvalue weighted by Gasteiger charge is 2.29. The van der Waals surface area contributed by atoms with Crippen molar-refractivity contribution in [3.05, 3.63) is 77.6 Å². The van der Waals surface area contributed by atoms with E-state index in [2.05, 4.69) is 16.8 Å². The maximum Gasteiger partial charge on any atom is 0.411 e. The van der Waals surface area contributed by atoms with E-state index in [0.717, 1.165) is 11.3 Å². The molecule has 1 heterocycles. The third kappa shape index (κ3) is 5.48. The van der Waals surface area contributed by atoms with Gasteiger partial charge in [0.05, 0.1) is 13.1 Å². The minimum atomic E-state index is -0.426. The van der Waals surface area contributed by atoms with Crippen LogP contribution in [0.15, 0.2) is 55.1 Å². The van der Waals surface area contributed by atoms with Crippen LogP contribution in [0.25, 0.3) is 0 Å². The molecule has 0 saturated carbocycles. The number of benzene rings is 2. The van der Waals surface area contributed by atoms with Gasteiger partial charge < -0.3 is 10.1 Å². The zero-order chi connectivity index (χ0) is 23.3. The Morgan fingerprint density at radius 1 is 1.25 bits per heavy atom. The van der Waals surface area contributed by atoms with Crippen molar-refractivity contribution in [2.45, 2.75) is 20.0 Å². The summed E-state index contributed by atoms with van der Waals surface area (Å²) in [6.07, 6.45) is 0.896. The highest BCUT2D eigenvalue weighted by atomic mass is 19.1. The van der Waals surface area contributed by atoms with Gasteiger partial charge in [-0.25, -0.2) is 9.18 Å². The number of nitrogens with one attached hydrogen (secondary N) is 1. The first-order chi connectivity index (χ1) is 15.3. The lowest BCUT2D eigenvalue weighted by atomic mass is 10.1. The zero-order valence-electron chi connectivity index (χ0n) is 18.7. The number of aryl methyl sites for hydroxylation is 1. The fourth-order valence-electron chi connectivity index (χ4n) is 3.73. The standard InChI is InChI=1S/C25H28FN3O3/c1-5-24(30)29-13-12-28(15-18(29)3)16-23(20-7-6-17(2)22(26)14-20)32-21-10-8-19(9-11-21)25(31)27-4/h5-11,14,23H,1,12-13,15-16H2,2-4H3/p+1. The second kappa shape index (κ2) is 10.3. The third-order valence-corrected chi connectivity index (χ3v) is 5.61. The molecular weight excluding hydrogens is 409 g/mol. The van der Waals surface area contributed by atoms with Crippen LogP contribution in [0, 0.1) is 12.7 Å². The molecule has 3 rings (SSSR count). The highest BCUT2D eigenvalue weighted by Crippen LogP contribution is 2.25. The van der Waals surface area contributed by atoms with Gasteiger partial charge in [0.1, 0.15) is 17.7 Å². The molecule has 32 heavy (non-hydrogen) atoms. The molecule has 2 amide bonds. The smallest absolute Gasteiger partial charge is 0.411 e. The molecule has 0 bridgehead atoms. The Kier molecular flexibility index (Phi) is 7.53. The number of amides is 2. The molecule has 0 aliphatic carbocycles. The van der Waals surface area contributed by atoms with Gasteiger partial charge >= 0.3 is 5.91 Å². The molecule has 1 aliphatic rings. The van der Waals surface area contributed by atoms with Crippen molar-refractivity contribution in [2.75, 3.05) is 33.2 Å². The molecule has 1 N–H and O–H groups in total. The van der Waals surface area contributed by atoms with Crippen molar-refractivity contribution in [2.24, 2.45) is 0 Å². The minimum absolute atomic E-state index is 0.105. The van der Waals surface area contributed by atoms with Crippen LogP contribution in [0.2, 0.25) is 0 Å². The van der Waals surface area contributed by atoms with E-state index < -0.39 is 6.10 Å². The van der Waals surface area contributed by atoms with Gasteiger partial charge in [0, 0.05) is 32.2 Å². The van der Waals surface area contributed by atoms with Crippen LogP contribution < -0.4 is 10.1 Å². The van der Waals surface area contributed by atoms with Crippen molar-refractivity contribution >= 4 is 17.5 Å². The zero-order valence-corrected chi connectivity index (χ0v) is 18.7. The second-order valence-electron chi connectivity index (χ2n) is 7.88. The van der Waals surface area contributed by atoms with E-state index in [4.69, 9.17) is 4.74 Å². The van der Waals surface area contributed by atoms with E-state index in [9.17, 15) is 14.0 Å². The molecule has 2 aromatic carbocycles. The quantitative estimate of drug-likeness (QED) is 0.533. The van der Waals surface area contributed by atoms with Gasteiger partial charge in [-0.1, -0.05) is 18.7 Å². The van der Waals surface area contributed by atoms with Crippen LogP contribution in [0.3, 0.4) is 0 Å². The molecular formula is C25H29FN3O3+. The van der Waals surface area contributed by atoms with Gasteiger partial charge in [0.2, 0.25) is 0 Å². The van der Waals surface area contributed by atoms with E-state index in [-0.39, 0.29) is 17.6 Å². The van der Waals surface area contributed by atoms with Gasteiger partial charge in [-0.3, -0.25) is 9.69 Å². The highest BCUT2D eigenvalue weighted by molar-refractivity contribution is 5.94. The van der Waals surface area contributed by atoms with Crippen LogP contribution in [0.5, 0.6) is 5.75 Å². The fourth-order valence-corrected chi connectivity index (χ4v) is 3.73. The predicted molar refractivity (Wildman–Crippen MR) is 122 cm³/mol. The van der Waals surface area contributed by atoms with Crippen molar-refractivity contribution in [1.82, 2.24) is 10.2 Å². The third-order valence-electron chi connectivity index (χ3n) is 5.61. The molecule has 168 valence electrons.